The first kappa shape index (κ1) is 19.4. The molecule has 1 unspecified atom stereocenters. The molecule has 1 aliphatic rings. The van der Waals surface area contributed by atoms with Crippen LogP contribution in [0, 0.1) is 5.92 Å². The van der Waals surface area contributed by atoms with Crippen LogP contribution in [0.2, 0.25) is 0 Å². The average molecular weight is 329 g/mol. The lowest BCUT2D eigenvalue weighted by molar-refractivity contribution is -0.151. The summed E-state index contributed by atoms with van der Waals surface area (Å²) in [4.78, 5) is 38.8. The summed E-state index contributed by atoms with van der Waals surface area (Å²) in [6, 6.07) is -0.771. The molecule has 1 heterocycles. The van der Waals surface area contributed by atoms with E-state index in [1.54, 1.807) is 18.9 Å². The normalized spacial score (nSPS) is 16.8. The second-order valence-corrected chi connectivity index (χ2v) is 5.66. The van der Waals surface area contributed by atoms with E-state index in [-0.39, 0.29) is 36.9 Å². The average Bonchev–Trinajstić information content (AvgIpc) is 2.54. The topological polar surface area (TPSA) is 102 Å². The number of methoxy groups -OCH3 is 1. The standard InChI is InChI=1S/C15H27N3O5/c1-4-23-15(21)11-5-7-18(8-6-11)13(19)9-17(2)14(20)12(16)10-22-3/h11-12H,4-10,16H2,1-3H3. The van der Waals surface area contributed by atoms with Gasteiger partial charge in [0.1, 0.15) is 6.04 Å². The maximum Gasteiger partial charge on any atom is 0.309 e. The minimum atomic E-state index is -0.771. The molecule has 0 aliphatic carbocycles. The number of piperidine rings is 1. The summed E-state index contributed by atoms with van der Waals surface area (Å²) in [5.41, 5.74) is 5.67. The Morgan fingerprint density at radius 2 is 1.91 bits per heavy atom. The monoisotopic (exact) mass is 329 g/mol. The number of rotatable bonds is 7. The number of hydrogen-bond acceptors (Lipinski definition) is 6. The third-order valence-corrected chi connectivity index (χ3v) is 3.88. The van der Waals surface area contributed by atoms with Gasteiger partial charge in [-0.2, -0.15) is 0 Å². The molecule has 132 valence electrons. The minimum Gasteiger partial charge on any atom is -0.466 e. The van der Waals surface area contributed by atoms with Crippen molar-refractivity contribution in [1.29, 1.82) is 0 Å². The van der Waals surface area contributed by atoms with E-state index in [4.69, 9.17) is 15.2 Å². The second kappa shape index (κ2) is 9.46. The summed E-state index contributed by atoms with van der Waals surface area (Å²) in [5, 5.41) is 0. The maximum absolute atomic E-state index is 12.2. The van der Waals surface area contributed by atoms with E-state index in [9.17, 15) is 14.4 Å². The van der Waals surface area contributed by atoms with Gasteiger partial charge in [-0.25, -0.2) is 0 Å². The number of ether oxygens (including phenoxy) is 2. The molecule has 0 saturated carbocycles. The first-order valence-electron chi connectivity index (χ1n) is 7.84. The van der Waals surface area contributed by atoms with Gasteiger partial charge >= 0.3 is 5.97 Å². The molecular weight excluding hydrogens is 302 g/mol. The zero-order chi connectivity index (χ0) is 17.4. The van der Waals surface area contributed by atoms with E-state index < -0.39 is 6.04 Å². The van der Waals surface area contributed by atoms with Gasteiger partial charge in [0.2, 0.25) is 11.8 Å². The Kier molecular flexibility index (Phi) is 7.97. The smallest absolute Gasteiger partial charge is 0.309 e. The molecule has 8 nitrogen and oxygen atoms in total. The number of carbonyl (C=O) groups excluding carboxylic acids is 3. The molecule has 2 N–H and O–H groups in total. The van der Waals surface area contributed by atoms with E-state index in [1.807, 2.05) is 0 Å². The Morgan fingerprint density at radius 3 is 2.43 bits per heavy atom. The number of likely N-dealkylation sites (tertiary alicyclic amines) is 1. The van der Waals surface area contributed by atoms with Crippen LogP contribution in [0.4, 0.5) is 0 Å². The lowest BCUT2D eigenvalue weighted by Gasteiger charge is -2.32. The van der Waals surface area contributed by atoms with Crippen LogP contribution in [0.25, 0.3) is 0 Å². The number of likely N-dealkylation sites (N-methyl/N-ethyl adjacent to an activating group) is 1. The molecule has 1 saturated heterocycles. The highest BCUT2D eigenvalue weighted by atomic mass is 16.5. The van der Waals surface area contributed by atoms with Crippen LogP contribution in [0.5, 0.6) is 0 Å². The first-order chi connectivity index (χ1) is 10.9. The highest BCUT2D eigenvalue weighted by Crippen LogP contribution is 2.18. The quantitative estimate of drug-likeness (QED) is 0.615. The molecular formula is C15H27N3O5. The number of nitrogens with zero attached hydrogens (tertiary/aromatic N) is 2. The van der Waals surface area contributed by atoms with Gasteiger partial charge in [-0.15, -0.1) is 0 Å². The van der Waals surface area contributed by atoms with Gasteiger partial charge in [0.25, 0.3) is 0 Å². The maximum atomic E-state index is 12.2. The van der Waals surface area contributed by atoms with Crippen molar-refractivity contribution in [3.8, 4) is 0 Å². The van der Waals surface area contributed by atoms with Crippen LogP contribution in [0.3, 0.4) is 0 Å². The van der Waals surface area contributed by atoms with Gasteiger partial charge in [-0.05, 0) is 19.8 Å². The van der Waals surface area contributed by atoms with Crippen molar-refractivity contribution in [2.75, 3.05) is 47.0 Å². The fraction of sp³-hybridized carbons (Fsp3) is 0.800. The van der Waals surface area contributed by atoms with Crippen LogP contribution in [0.1, 0.15) is 19.8 Å². The molecule has 0 radical (unpaired) electrons. The summed E-state index contributed by atoms with van der Waals surface area (Å²) < 4.78 is 9.84. The van der Waals surface area contributed by atoms with E-state index in [0.717, 1.165) is 0 Å². The molecule has 1 aliphatic heterocycles. The van der Waals surface area contributed by atoms with Crippen LogP contribution in [-0.2, 0) is 23.9 Å². The van der Waals surface area contributed by atoms with Gasteiger partial charge in [0.15, 0.2) is 0 Å². The zero-order valence-corrected chi connectivity index (χ0v) is 14.1. The SMILES string of the molecule is CCOC(=O)C1CCN(C(=O)CN(C)C(=O)C(N)COC)CC1. The van der Waals surface area contributed by atoms with E-state index >= 15 is 0 Å². The Balaban J connectivity index is 2.42. The Morgan fingerprint density at radius 1 is 1.30 bits per heavy atom. The predicted octanol–water partition coefficient (Wildman–Crippen LogP) is -0.780. The third kappa shape index (κ3) is 5.80. The molecule has 23 heavy (non-hydrogen) atoms. The van der Waals surface area contributed by atoms with Crippen LogP contribution < -0.4 is 5.73 Å². The number of hydrogen-bond donors (Lipinski definition) is 1. The van der Waals surface area contributed by atoms with Crippen molar-refractivity contribution in [1.82, 2.24) is 9.80 Å². The van der Waals surface area contributed by atoms with Crippen molar-refractivity contribution in [2.45, 2.75) is 25.8 Å². The molecule has 1 rings (SSSR count). The molecule has 2 amide bonds. The second-order valence-electron chi connectivity index (χ2n) is 5.66. The van der Waals surface area contributed by atoms with Gasteiger partial charge in [0, 0.05) is 27.2 Å². The van der Waals surface area contributed by atoms with Crippen molar-refractivity contribution in [2.24, 2.45) is 11.7 Å². The summed E-state index contributed by atoms with van der Waals surface area (Å²) in [6.07, 6.45) is 1.18. The summed E-state index contributed by atoms with van der Waals surface area (Å²) in [7, 11) is 3.01. The number of carbonyl (C=O) groups is 3. The summed E-state index contributed by atoms with van der Waals surface area (Å²) in [6.45, 7) is 3.22. The highest BCUT2D eigenvalue weighted by Gasteiger charge is 2.29. The Labute approximate surface area is 136 Å². The van der Waals surface area contributed by atoms with Gasteiger partial charge < -0.3 is 25.0 Å². The largest absolute Gasteiger partial charge is 0.466 e. The number of esters is 1. The molecule has 0 bridgehead atoms. The van der Waals surface area contributed by atoms with Crippen molar-refractivity contribution >= 4 is 17.8 Å². The molecule has 0 aromatic carbocycles. The van der Waals surface area contributed by atoms with E-state index in [2.05, 4.69) is 0 Å². The Hall–Kier alpha value is -1.67. The Bertz CT molecular complexity index is 421. The minimum absolute atomic E-state index is 0.0275. The van der Waals surface area contributed by atoms with Crippen molar-refractivity contribution < 1.29 is 23.9 Å². The lowest BCUT2D eigenvalue weighted by Crippen LogP contribution is -2.50. The summed E-state index contributed by atoms with van der Waals surface area (Å²) >= 11 is 0. The third-order valence-electron chi connectivity index (χ3n) is 3.88. The molecule has 1 fully saturated rings. The van der Waals surface area contributed by atoms with Gasteiger partial charge in [0.05, 0.1) is 25.7 Å². The van der Waals surface area contributed by atoms with Crippen LogP contribution >= 0.6 is 0 Å². The van der Waals surface area contributed by atoms with Crippen LogP contribution in [0.15, 0.2) is 0 Å². The van der Waals surface area contributed by atoms with Crippen molar-refractivity contribution in [3.05, 3.63) is 0 Å². The molecule has 0 spiro atoms. The van der Waals surface area contributed by atoms with Gasteiger partial charge in [-0.3, -0.25) is 14.4 Å². The predicted molar refractivity (Wildman–Crippen MR) is 83.4 cm³/mol. The van der Waals surface area contributed by atoms with Crippen molar-refractivity contribution in [3.63, 3.8) is 0 Å². The van der Waals surface area contributed by atoms with E-state index in [0.29, 0.717) is 32.5 Å². The molecule has 0 aromatic heterocycles. The number of amides is 2. The fourth-order valence-electron chi connectivity index (χ4n) is 2.54. The lowest BCUT2D eigenvalue weighted by atomic mass is 9.97. The number of nitrogens with two attached hydrogens (primary N) is 1. The fourth-order valence-corrected chi connectivity index (χ4v) is 2.54. The van der Waals surface area contributed by atoms with Gasteiger partial charge in [-0.1, -0.05) is 0 Å². The zero-order valence-electron chi connectivity index (χ0n) is 14.1. The van der Waals surface area contributed by atoms with Crippen LogP contribution in [-0.4, -0.2) is 80.6 Å². The summed E-state index contributed by atoms with van der Waals surface area (Å²) in [5.74, 6) is -0.819. The molecule has 0 aromatic rings. The molecule has 8 heteroatoms. The van der Waals surface area contributed by atoms with E-state index in [1.165, 1.54) is 12.0 Å². The highest BCUT2D eigenvalue weighted by molar-refractivity contribution is 5.87. The first-order valence-corrected chi connectivity index (χ1v) is 7.84. The molecule has 1 atom stereocenters.